The molecule has 0 heterocycles. The van der Waals surface area contributed by atoms with Crippen LogP contribution < -0.4 is 15.9 Å². The maximum atomic E-state index is 14.5. The quantitative estimate of drug-likeness (QED) is 0.163. The number of benzene rings is 5. The summed E-state index contributed by atoms with van der Waals surface area (Å²) in [6.07, 6.45) is 0. The zero-order valence-electron chi connectivity index (χ0n) is 19.7. The van der Waals surface area contributed by atoms with Crippen LogP contribution in [0, 0.1) is 0 Å². The lowest BCUT2D eigenvalue weighted by atomic mass is 10.0. The monoisotopic (exact) mass is 484 g/mol. The van der Waals surface area contributed by atoms with Gasteiger partial charge in [-0.15, -0.1) is 0 Å². The molecule has 0 aliphatic rings. The van der Waals surface area contributed by atoms with Crippen LogP contribution in [0.5, 0.6) is 0 Å². The Balaban J connectivity index is 2.03. The minimum Gasteiger partial charge on any atom is -0.288 e. The Morgan fingerprint density at radius 3 is 0.889 bits per heavy atom. The Morgan fingerprint density at radius 1 is 0.361 bits per heavy atom. The van der Waals surface area contributed by atoms with Crippen LogP contribution >= 0.6 is 6.89 Å². The predicted octanol–water partition coefficient (Wildman–Crippen LogP) is 5.92. The van der Waals surface area contributed by atoms with E-state index < -0.39 is 6.89 Å². The van der Waals surface area contributed by atoms with Gasteiger partial charge < -0.3 is 0 Å². The highest BCUT2D eigenvalue weighted by molar-refractivity contribution is 7.97. The molecule has 5 aromatic carbocycles. The number of carbonyl (C=O) groups is 2. The van der Waals surface area contributed by atoms with E-state index >= 15 is 0 Å². The smallest absolute Gasteiger partial charge is 0.198 e. The Morgan fingerprint density at radius 2 is 0.611 bits per heavy atom. The van der Waals surface area contributed by atoms with Crippen molar-refractivity contribution in [1.29, 1.82) is 0 Å². The first-order chi connectivity index (χ1) is 17.7. The van der Waals surface area contributed by atoms with Crippen LogP contribution in [0.3, 0.4) is 0 Å². The van der Waals surface area contributed by atoms with Gasteiger partial charge in [0.05, 0.1) is 5.29 Å². The fraction of sp³-hybridized carbons (Fsp3) is 0. The van der Waals surface area contributed by atoms with E-state index in [1.807, 2.05) is 127 Å². The van der Waals surface area contributed by atoms with Crippen LogP contribution in [0.4, 0.5) is 0 Å². The van der Waals surface area contributed by atoms with Crippen LogP contribution in [-0.4, -0.2) is 16.9 Å². The maximum absolute atomic E-state index is 14.5. The van der Waals surface area contributed by atoms with Crippen molar-refractivity contribution >= 4 is 39.7 Å². The van der Waals surface area contributed by atoms with Gasteiger partial charge in [-0.2, -0.15) is 0 Å². The summed E-state index contributed by atoms with van der Waals surface area (Å²) in [6.45, 7) is -2.89. The van der Waals surface area contributed by atoms with E-state index in [2.05, 4.69) is 0 Å². The zero-order chi connectivity index (χ0) is 24.8. The molecule has 0 aliphatic heterocycles. The average molecular weight is 485 g/mol. The normalized spacial score (nSPS) is 11.0. The van der Waals surface area contributed by atoms with E-state index in [0.29, 0.717) is 16.4 Å². The number of hydrogen-bond donors (Lipinski definition) is 0. The highest BCUT2D eigenvalue weighted by Crippen LogP contribution is 2.47. The number of Topliss-reactive ketones (excluding diaryl/α,β-unsaturated/α-hetero) is 2. The Labute approximate surface area is 211 Å². The average Bonchev–Trinajstić information content (AvgIpc) is 2.97. The number of ketones is 2. The van der Waals surface area contributed by atoms with Gasteiger partial charge in [-0.3, -0.25) is 9.59 Å². The molecule has 0 N–H and O–H groups in total. The van der Waals surface area contributed by atoms with Gasteiger partial charge in [-0.25, -0.2) is 0 Å². The Bertz CT molecular complexity index is 1370. The largest absolute Gasteiger partial charge is 0.288 e. The molecule has 174 valence electrons. The number of carbonyl (C=O) groups excluding carboxylic acids is 2. The Kier molecular flexibility index (Phi) is 6.89. The molecule has 0 bridgehead atoms. The van der Waals surface area contributed by atoms with Crippen molar-refractivity contribution in [2.75, 3.05) is 0 Å². The molecule has 0 saturated carbocycles. The molecule has 0 aromatic heterocycles. The van der Waals surface area contributed by atoms with Crippen LogP contribution in [0.2, 0.25) is 0 Å². The predicted molar refractivity (Wildman–Crippen MR) is 152 cm³/mol. The van der Waals surface area contributed by atoms with E-state index in [9.17, 15) is 9.59 Å². The van der Waals surface area contributed by atoms with Crippen molar-refractivity contribution in [3.05, 3.63) is 163 Å². The molecule has 3 heteroatoms. The third kappa shape index (κ3) is 4.28. The van der Waals surface area contributed by atoms with Crippen LogP contribution in [0.25, 0.3) is 0 Å². The van der Waals surface area contributed by atoms with Crippen LogP contribution in [-0.2, 0) is 0 Å². The molecule has 0 amide bonds. The topological polar surface area (TPSA) is 34.1 Å². The lowest BCUT2D eigenvalue weighted by Gasteiger charge is -2.32. The number of rotatable bonds is 7. The second-order valence-electron chi connectivity index (χ2n) is 8.42. The molecule has 0 unspecified atom stereocenters. The summed E-state index contributed by atoms with van der Waals surface area (Å²) in [4.78, 5) is 29.0. The SMILES string of the molecule is O=C(C(C(=O)c1ccccc1)=P(c1ccccc1)(c1ccccc1)c1ccccc1)c1ccccc1. The summed E-state index contributed by atoms with van der Waals surface area (Å²) in [7, 11) is 0. The summed E-state index contributed by atoms with van der Waals surface area (Å²) in [6, 6.07) is 48.3. The lowest BCUT2D eigenvalue weighted by Crippen LogP contribution is -2.37. The zero-order valence-corrected chi connectivity index (χ0v) is 20.6. The molecule has 0 aliphatic carbocycles. The van der Waals surface area contributed by atoms with Gasteiger partial charge in [0.1, 0.15) is 0 Å². The fourth-order valence-electron chi connectivity index (χ4n) is 4.65. The van der Waals surface area contributed by atoms with E-state index in [4.69, 9.17) is 0 Å². The Hall–Kier alpha value is -4.26. The summed E-state index contributed by atoms with van der Waals surface area (Å²) >= 11 is 0. The minimum absolute atomic E-state index is 0.241. The molecule has 2 nitrogen and oxygen atoms in total. The molecular weight excluding hydrogens is 459 g/mol. The molecule has 36 heavy (non-hydrogen) atoms. The van der Waals surface area contributed by atoms with Crippen molar-refractivity contribution < 1.29 is 9.59 Å². The summed E-state index contributed by atoms with van der Waals surface area (Å²) in [5.74, 6) is -0.483. The molecule has 5 aromatic rings. The minimum atomic E-state index is -2.89. The summed E-state index contributed by atoms with van der Waals surface area (Å²) in [5, 5.41) is 3.20. The maximum Gasteiger partial charge on any atom is 0.198 e. The molecule has 0 fully saturated rings. The molecule has 5 rings (SSSR count). The van der Waals surface area contributed by atoms with Gasteiger partial charge in [0, 0.05) is 11.1 Å². The third-order valence-corrected chi connectivity index (χ3v) is 10.6. The van der Waals surface area contributed by atoms with Crippen molar-refractivity contribution in [2.24, 2.45) is 0 Å². The van der Waals surface area contributed by atoms with Crippen LogP contribution in [0.1, 0.15) is 20.7 Å². The van der Waals surface area contributed by atoms with Gasteiger partial charge in [-0.05, 0) is 22.8 Å². The molecule has 0 spiro atoms. The van der Waals surface area contributed by atoms with Crippen molar-refractivity contribution in [1.82, 2.24) is 0 Å². The van der Waals surface area contributed by atoms with Gasteiger partial charge >= 0.3 is 0 Å². The van der Waals surface area contributed by atoms with E-state index in [-0.39, 0.29) is 11.6 Å². The highest BCUT2D eigenvalue weighted by atomic mass is 31.2. The first-order valence-electron chi connectivity index (χ1n) is 11.9. The fourth-order valence-corrected chi connectivity index (χ4v) is 9.04. The third-order valence-electron chi connectivity index (χ3n) is 6.27. The van der Waals surface area contributed by atoms with Crippen molar-refractivity contribution in [3.63, 3.8) is 0 Å². The second kappa shape index (κ2) is 10.6. The summed E-state index contributed by atoms with van der Waals surface area (Å²) in [5.41, 5.74) is 1.01. The van der Waals surface area contributed by atoms with Crippen LogP contribution in [0.15, 0.2) is 152 Å². The van der Waals surface area contributed by atoms with Crippen molar-refractivity contribution in [2.45, 2.75) is 0 Å². The lowest BCUT2D eigenvalue weighted by molar-refractivity contribution is 0.102. The highest BCUT2D eigenvalue weighted by Gasteiger charge is 2.37. The first-order valence-corrected chi connectivity index (χ1v) is 13.6. The van der Waals surface area contributed by atoms with Crippen molar-refractivity contribution in [3.8, 4) is 0 Å². The molecule has 0 atom stereocenters. The van der Waals surface area contributed by atoms with Gasteiger partial charge in [0.15, 0.2) is 11.6 Å². The van der Waals surface area contributed by atoms with E-state index in [1.165, 1.54) is 0 Å². The standard InChI is InChI=1S/C33H25O2P/c34-31(26-16-6-1-7-17-26)33(32(35)27-18-8-2-9-19-27)36(28-20-10-3-11-21-28,29-22-12-4-13-23-29)30-24-14-5-15-25-30/h1-25H. The first kappa shape index (κ1) is 23.5. The van der Waals surface area contributed by atoms with E-state index in [0.717, 1.165) is 15.9 Å². The molecular formula is C33H25O2P. The number of hydrogen-bond acceptors (Lipinski definition) is 2. The molecule has 0 radical (unpaired) electrons. The van der Waals surface area contributed by atoms with E-state index in [1.54, 1.807) is 24.3 Å². The van der Waals surface area contributed by atoms with Gasteiger partial charge in [0.2, 0.25) is 0 Å². The van der Waals surface area contributed by atoms with Gasteiger partial charge in [0.25, 0.3) is 0 Å². The van der Waals surface area contributed by atoms with Gasteiger partial charge in [-0.1, -0.05) is 152 Å². The molecule has 0 saturated heterocycles. The second-order valence-corrected chi connectivity index (χ2v) is 11.8. The summed E-state index contributed by atoms with van der Waals surface area (Å²) < 4.78 is 0.